The van der Waals surface area contributed by atoms with Crippen molar-refractivity contribution in [3.63, 3.8) is 0 Å². The maximum Gasteiger partial charge on any atom is 0.318 e. The SMILES string of the molecule is CN(C)c1cccc(C2CCCN2C(=O)NC2CCC(C(=O)O)CC2)c1. The number of carboxylic acids is 1. The number of amides is 2. The number of aliphatic carboxylic acids is 1. The smallest absolute Gasteiger partial charge is 0.318 e. The zero-order chi connectivity index (χ0) is 18.7. The normalized spacial score (nSPS) is 25.8. The molecule has 2 amide bonds. The quantitative estimate of drug-likeness (QED) is 0.866. The van der Waals surface area contributed by atoms with Gasteiger partial charge in [-0.2, -0.15) is 0 Å². The van der Waals surface area contributed by atoms with Gasteiger partial charge in [-0.15, -0.1) is 0 Å². The summed E-state index contributed by atoms with van der Waals surface area (Å²) in [6.45, 7) is 0.771. The highest BCUT2D eigenvalue weighted by Crippen LogP contribution is 2.34. The van der Waals surface area contributed by atoms with Gasteiger partial charge in [0.05, 0.1) is 12.0 Å². The van der Waals surface area contributed by atoms with Gasteiger partial charge in [-0.25, -0.2) is 4.79 Å². The van der Waals surface area contributed by atoms with Crippen LogP contribution in [0.5, 0.6) is 0 Å². The second kappa shape index (κ2) is 7.98. The average Bonchev–Trinajstić information content (AvgIpc) is 3.12. The van der Waals surface area contributed by atoms with Crippen molar-refractivity contribution in [3.05, 3.63) is 29.8 Å². The zero-order valence-electron chi connectivity index (χ0n) is 15.6. The lowest BCUT2D eigenvalue weighted by Crippen LogP contribution is -2.46. The van der Waals surface area contributed by atoms with Crippen LogP contribution in [0.3, 0.4) is 0 Å². The second-order valence-electron chi connectivity index (χ2n) is 7.68. The molecule has 6 heteroatoms. The van der Waals surface area contributed by atoms with Crippen LogP contribution in [0.4, 0.5) is 10.5 Å². The van der Waals surface area contributed by atoms with Crippen LogP contribution < -0.4 is 10.2 Å². The number of hydrogen-bond acceptors (Lipinski definition) is 3. The summed E-state index contributed by atoms with van der Waals surface area (Å²) in [5.41, 5.74) is 2.32. The van der Waals surface area contributed by atoms with Crippen LogP contribution in [-0.4, -0.2) is 48.7 Å². The first-order valence-corrected chi connectivity index (χ1v) is 9.53. The Kier molecular flexibility index (Phi) is 5.69. The summed E-state index contributed by atoms with van der Waals surface area (Å²) in [6.07, 6.45) is 4.78. The molecule has 26 heavy (non-hydrogen) atoms. The number of likely N-dealkylation sites (tertiary alicyclic amines) is 1. The predicted octanol–water partition coefficient (Wildman–Crippen LogP) is 3.24. The number of carbonyl (C=O) groups excluding carboxylic acids is 1. The number of carboxylic acid groups (broad SMARTS) is 1. The van der Waals surface area contributed by atoms with Gasteiger partial charge in [0.2, 0.25) is 0 Å². The fourth-order valence-corrected chi connectivity index (χ4v) is 4.11. The van der Waals surface area contributed by atoms with Crippen LogP contribution >= 0.6 is 0 Å². The van der Waals surface area contributed by atoms with Crippen molar-refractivity contribution in [2.45, 2.75) is 50.6 Å². The zero-order valence-corrected chi connectivity index (χ0v) is 15.6. The van der Waals surface area contributed by atoms with E-state index in [1.807, 2.05) is 25.1 Å². The molecule has 1 unspecified atom stereocenters. The molecule has 0 bridgehead atoms. The van der Waals surface area contributed by atoms with Gasteiger partial charge in [0.1, 0.15) is 0 Å². The minimum atomic E-state index is -0.713. The standard InChI is InChI=1S/C20H29N3O3/c1-22(2)17-6-3-5-15(13-17)18-7-4-12-23(18)20(26)21-16-10-8-14(9-11-16)19(24)25/h3,5-6,13-14,16,18H,4,7-12H2,1-2H3,(H,21,26)(H,24,25). The molecule has 1 saturated carbocycles. The van der Waals surface area contributed by atoms with E-state index in [0.29, 0.717) is 12.8 Å². The van der Waals surface area contributed by atoms with Gasteiger partial charge in [-0.05, 0) is 56.2 Å². The van der Waals surface area contributed by atoms with E-state index in [1.165, 1.54) is 5.56 Å². The first-order chi connectivity index (χ1) is 12.5. The molecule has 0 spiro atoms. The van der Waals surface area contributed by atoms with E-state index in [4.69, 9.17) is 5.11 Å². The van der Waals surface area contributed by atoms with E-state index in [0.717, 1.165) is 37.9 Å². The summed E-state index contributed by atoms with van der Waals surface area (Å²) in [5, 5.41) is 12.2. The number of rotatable bonds is 4. The van der Waals surface area contributed by atoms with Crippen molar-refractivity contribution in [2.75, 3.05) is 25.5 Å². The van der Waals surface area contributed by atoms with Crippen molar-refractivity contribution < 1.29 is 14.7 Å². The molecule has 1 aromatic rings. The van der Waals surface area contributed by atoms with Gasteiger partial charge < -0.3 is 20.2 Å². The van der Waals surface area contributed by atoms with Gasteiger partial charge >= 0.3 is 12.0 Å². The molecular weight excluding hydrogens is 330 g/mol. The van der Waals surface area contributed by atoms with Crippen molar-refractivity contribution in [2.24, 2.45) is 5.92 Å². The molecule has 2 N–H and O–H groups in total. The van der Waals surface area contributed by atoms with Gasteiger partial charge in [-0.3, -0.25) is 4.79 Å². The Morgan fingerprint density at radius 3 is 2.54 bits per heavy atom. The Bertz CT molecular complexity index is 653. The van der Waals surface area contributed by atoms with Crippen LogP contribution in [0.2, 0.25) is 0 Å². The predicted molar refractivity (Wildman–Crippen MR) is 101 cm³/mol. The molecule has 3 rings (SSSR count). The molecule has 2 aliphatic rings. The third kappa shape index (κ3) is 4.11. The second-order valence-corrected chi connectivity index (χ2v) is 7.68. The van der Waals surface area contributed by atoms with Crippen molar-refractivity contribution in [1.82, 2.24) is 10.2 Å². The number of hydrogen-bond donors (Lipinski definition) is 2. The Labute approximate surface area is 155 Å². The Balaban J connectivity index is 1.62. The highest BCUT2D eigenvalue weighted by Gasteiger charge is 2.33. The third-order valence-corrected chi connectivity index (χ3v) is 5.69. The molecule has 0 aromatic heterocycles. The topological polar surface area (TPSA) is 72.9 Å². The number of carbonyl (C=O) groups is 2. The summed E-state index contributed by atoms with van der Waals surface area (Å²) >= 11 is 0. The monoisotopic (exact) mass is 359 g/mol. The summed E-state index contributed by atoms with van der Waals surface area (Å²) in [4.78, 5) is 27.9. The van der Waals surface area contributed by atoms with E-state index in [-0.39, 0.29) is 24.0 Å². The van der Waals surface area contributed by atoms with Crippen LogP contribution in [-0.2, 0) is 4.79 Å². The molecule has 6 nitrogen and oxygen atoms in total. The first kappa shape index (κ1) is 18.5. The summed E-state index contributed by atoms with van der Waals surface area (Å²) in [5.74, 6) is -0.966. The Morgan fingerprint density at radius 2 is 1.88 bits per heavy atom. The van der Waals surface area contributed by atoms with E-state index in [2.05, 4.69) is 28.4 Å². The molecule has 142 valence electrons. The lowest BCUT2D eigenvalue weighted by molar-refractivity contribution is -0.142. The minimum absolute atomic E-state index is 0.0125. The number of urea groups is 1. The fourth-order valence-electron chi connectivity index (χ4n) is 4.11. The van der Waals surface area contributed by atoms with E-state index in [1.54, 1.807) is 0 Å². The number of anilines is 1. The van der Waals surface area contributed by atoms with E-state index < -0.39 is 5.97 Å². The van der Waals surface area contributed by atoms with Crippen molar-refractivity contribution in [3.8, 4) is 0 Å². The fraction of sp³-hybridized carbons (Fsp3) is 0.600. The number of nitrogens with one attached hydrogen (secondary N) is 1. The summed E-state index contributed by atoms with van der Waals surface area (Å²) in [7, 11) is 4.04. The lowest BCUT2D eigenvalue weighted by atomic mass is 9.86. The highest BCUT2D eigenvalue weighted by molar-refractivity contribution is 5.75. The maximum absolute atomic E-state index is 12.8. The average molecular weight is 359 g/mol. The molecule has 2 fully saturated rings. The number of nitrogens with zero attached hydrogens (tertiary/aromatic N) is 2. The van der Waals surface area contributed by atoms with Crippen LogP contribution in [0.25, 0.3) is 0 Å². The van der Waals surface area contributed by atoms with E-state index >= 15 is 0 Å². The van der Waals surface area contributed by atoms with Gasteiger partial charge in [0, 0.05) is 32.4 Å². The molecule has 0 radical (unpaired) electrons. The summed E-state index contributed by atoms with van der Waals surface area (Å²) < 4.78 is 0. The molecule has 1 atom stereocenters. The van der Waals surface area contributed by atoms with Gasteiger partial charge in [0.15, 0.2) is 0 Å². The van der Waals surface area contributed by atoms with Crippen LogP contribution in [0, 0.1) is 5.92 Å². The number of benzene rings is 1. The van der Waals surface area contributed by atoms with E-state index in [9.17, 15) is 9.59 Å². The van der Waals surface area contributed by atoms with Crippen LogP contribution in [0.1, 0.15) is 50.1 Å². The Hall–Kier alpha value is -2.24. The largest absolute Gasteiger partial charge is 0.481 e. The molecule has 1 aliphatic carbocycles. The molecule has 1 heterocycles. The highest BCUT2D eigenvalue weighted by atomic mass is 16.4. The van der Waals surface area contributed by atoms with Gasteiger partial charge in [0.25, 0.3) is 0 Å². The summed E-state index contributed by atoms with van der Waals surface area (Å²) in [6, 6.07) is 8.57. The molecule has 1 saturated heterocycles. The Morgan fingerprint density at radius 1 is 1.15 bits per heavy atom. The molecule has 1 aromatic carbocycles. The van der Waals surface area contributed by atoms with Crippen molar-refractivity contribution >= 4 is 17.7 Å². The van der Waals surface area contributed by atoms with Crippen LogP contribution in [0.15, 0.2) is 24.3 Å². The molecule has 1 aliphatic heterocycles. The minimum Gasteiger partial charge on any atom is -0.481 e. The molecular formula is C20H29N3O3. The lowest BCUT2D eigenvalue weighted by Gasteiger charge is -2.31. The van der Waals surface area contributed by atoms with Crippen molar-refractivity contribution in [1.29, 1.82) is 0 Å². The van der Waals surface area contributed by atoms with Gasteiger partial charge in [-0.1, -0.05) is 12.1 Å². The maximum atomic E-state index is 12.8. The first-order valence-electron chi connectivity index (χ1n) is 9.53. The third-order valence-electron chi connectivity index (χ3n) is 5.69.